The third-order valence-corrected chi connectivity index (χ3v) is 7.07. The van der Waals surface area contributed by atoms with Crippen molar-refractivity contribution in [3.05, 3.63) is 12.5 Å². The van der Waals surface area contributed by atoms with Crippen molar-refractivity contribution < 1.29 is 17.9 Å². The SMILES string of the molecule is CCSc1nnc(NC(=O)Cn2cnc(S(=O)(=O)N3CCOCC3)c2)s1. The maximum absolute atomic E-state index is 12.5. The number of sulfonamides is 1. The molecule has 0 unspecified atom stereocenters. The highest BCUT2D eigenvalue weighted by Crippen LogP contribution is 2.25. The van der Waals surface area contributed by atoms with Crippen molar-refractivity contribution in [3.63, 3.8) is 0 Å². The summed E-state index contributed by atoms with van der Waals surface area (Å²) in [5.74, 6) is 0.541. The van der Waals surface area contributed by atoms with Gasteiger partial charge in [-0.3, -0.25) is 10.1 Å². The topological polar surface area (TPSA) is 119 Å². The summed E-state index contributed by atoms with van der Waals surface area (Å²) in [7, 11) is -3.67. The molecule has 0 radical (unpaired) electrons. The van der Waals surface area contributed by atoms with E-state index in [0.29, 0.717) is 31.4 Å². The van der Waals surface area contributed by atoms with E-state index in [1.165, 1.54) is 32.7 Å². The number of anilines is 1. The summed E-state index contributed by atoms with van der Waals surface area (Å²) < 4.78 is 33.7. The van der Waals surface area contributed by atoms with E-state index in [4.69, 9.17) is 4.74 Å². The number of nitrogens with zero attached hydrogens (tertiary/aromatic N) is 5. The van der Waals surface area contributed by atoms with Crippen LogP contribution in [0.15, 0.2) is 21.9 Å². The molecule has 0 aliphatic carbocycles. The second-order valence-corrected chi connectivity index (χ2v) is 9.63. The number of amides is 1. The molecule has 13 heteroatoms. The van der Waals surface area contributed by atoms with Crippen LogP contribution in [-0.4, -0.2) is 70.4 Å². The number of hydrogen-bond acceptors (Lipinski definition) is 9. The van der Waals surface area contributed by atoms with Gasteiger partial charge in [-0.2, -0.15) is 4.31 Å². The maximum Gasteiger partial charge on any atom is 0.262 e. The Bertz CT molecular complexity index is 859. The van der Waals surface area contributed by atoms with Crippen LogP contribution in [0.1, 0.15) is 6.92 Å². The molecule has 0 aromatic carbocycles. The van der Waals surface area contributed by atoms with Gasteiger partial charge in [-0.15, -0.1) is 10.2 Å². The Morgan fingerprint density at radius 1 is 1.38 bits per heavy atom. The highest BCUT2D eigenvalue weighted by atomic mass is 32.2. The van der Waals surface area contributed by atoms with Crippen LogP contribution in [0.25, 0.3) is 0 Å². The van der Waals surface area contributed by atoms with Crippen molar-refractivity contribution in [2.24, 2.45) is 0 Å². The minimum atomic E-state index is -3.67. The Hall–Kier alpha value is -1.54. The summed E-state index contributed by atoms with van der Waals surface area (Å²) in [4.78, 5) is 16.0. The molecule has 1 saturated heterocycles. The van der Waals surface area contributed by atoms with Crippen LogP contribution in [0, 0.1) is 0 Å². The lowest BCUT2D eigenvalue weighted by Gasteiger charge is -2.24. The van der Waals surface area contributed by atoms with Crippen LogP contribution in [-0.2, 0) is 26.1 Å². The van der Waals surface area contributed by atoms with Crippen LogP contribution in [0.4, 0.5) is 5.13 Å². The summed E-state index contributed by atoms with van der Waals surface area (Å²) in [5.41, 5.74) is 0. The fraction of sp³-hybridized carbons (Fsp3) is 0.538. The van der Waals surface area contributed by atoms with Gasteiger partial charge in [0.15, 0.2) is 9.37 Å². The number of nitrogens with one attached hydrogen (secondary N) is 1. The standard InChI is InChI=1S/C13H18N6O4S3/c1-2-24-13-17-16-12(25-13)15-10(20)7-18-8-11(14-9-18)26(21,22)19-3-5-23-6-4-19/h8-9H,2-7H2,1H3,(H,15,16,20). The van der Waals surface area contributed by atoms with Gasteiger partial charge in [-0.1, -0.05) is 30.0 Å². The van der Waals surface area contributed by atoms with Crippen LogP contribution >= 0.6 is 23.1 Å². The predicted molar refractivity (Wildman–Crippen MR) is 96.7 cm³/mol. The zero-order valence-electron chi connectivity index (χ0n) is 14.0. The van der Waals surface area contributed by atoms with Crippen LogP contribution in [0.2, 0.25) is 0 Å². The van der Waals surface area contributed by atoms with E-state index in [1.54, 1.807) is 11.8 Å². The number of carbonyl (C=O) groups is 1. The Balaban J connectivity index is 1.61. The average molecular weight is 419 g/mol. The van der Waals surface area contributed by atoms with Gasteiger partial charge in [0.2, 0.25) is 11.0 Å². The van der Waals surface area contributed by atoms with E-state index in [9.17, 15) is 13.2 Å². The lowest BCUT2D eigenvalue weighted by molar-refractivity contribution is -0.116. The molecule has 1 N–H and O–H groups in total. The average Bonchev–Trinajstić information content (AvgIpc) is 3.26. The number of imidazole rings is 1. The molecular formula is C13H18N6O4S3. The molecule has 2 aromatic rings. The minimum absolute atomic E-state index is 0.0680. The van der Waals surface area contributed by atoms with E-state index < -0.39 is 10.0 Å². The highest BCUT2D eigenvalue weighted by Gasteiger charge is 2.28. The Labute approximate surface area is 159 Å². The molecule has 0 atom stereocenters. The van der Waals surface area contributed by atoms with E-state index in [1.807, 2.05) is 6.92 Å². The van der Waals surface area contributed by atoms with Crippen LogP contribution < -0.4 is 5.32 Å². The van der Waals surface area contributed by atoms with Gasteiger partial charge in [-0.05, 0) is 5.75 Å². The Morgan fingerprint density at radius 2 is 2.15 bits per heavy atom. The van der Waals surface area contributed by atoms with Gasteiger partial charge < -0.3 is 9.30 Å². The first-order chi connectivity index (χ1) is 12.5. The fourth-order valence-corrected chi connectivity index (χ4v) is 5.25. The normalized spacial score (nSPS) is 15.9. The molecule has 0 bridgehead atoms. The number of hydrogen-bond donors (Lipinski definition) is 1. The molecule has 1 amide bonds. The lowest BCUT2D eigenvalue weighted by atomic mass is 10.5. The third-order valence-electron chi connectivity index (χ3n) is 3.43. The second kappa shape index (κ2) is 8.43. The van der Waals surface area contributed by atoms with Crippen molar-refractivity contribution in [1.29, 1.82) is 0 Å². The number of rotatable bonds is 7. The van der Waals surface area contributed by atoms with E-state index in [0.717, 1.165) is 10.1 Å². The zero-order valence-corrected chi connectivity index (χ0v) is 16.4. The molecule has 1 fully saturated rings. The number of aromatic nitrogens is 4. The maximum atomic E-state index is 12.5. The molecule has 0 saturated carbocycles. The van der Waals surface area contributed by atoms with E-state index in [-0.39, 0.29) is 17.5 Å². The predicted octanol–water partition coefficient (Wildman–Crippen LogP) is 0.506. The summed E-state index contributed by atoms with van der Waals surface area (Å²) in [5, 5.41) is 10.8. The molecule has 3 heterocycles. The molecule has 0 spiro atoms. The first-order valence-electron chi connectivity index (χ1n) is 7.85. The first kappa shape index (κ1) is 19.2. The van der Waals surface area contributed by atoms with Crippen molar-refractivity contribution in [2.45, 2.75) is 22.8 Å². The minimum Gasteiger partial charge on any atom is -0.379 e. The molecule has 10 nitrogen and oxygen atoms in total. The van der Waals surface area contributed by atoms with E-state index >= 15 is 0 Å². The smallest absolute Gasteiger partial charge is 0.262 e. The van der Waals surface area contributed by atoms with Crippen molar-refractivity contribution in [2.75, 3.05) is 37.4 Å². The van der Waals surface area contributed by atoms with Crippen molar-refractivity contribution >= 4 is 44.2 Å². The van der Waals surface area contributed by atoms with Crippen molar-refractivity contribution in [3.8, 4) is 0 Å². The third kappa shape index (κ3) is 4.59. The first-order valence-corrected chi connectivity index (χ1v) is 11.1. The van der Waals surface area contributed by atoms with Gasteiger partial charge in [0, 0.05) is 19.3 Å². The largest absolute Gasteiger partial charge is 0.379 e. The lowest BCUT2D eigenvalue weighted by Crippen LogP contribution is -2.40. The molecule has 1 aliphatic heterocycles. The second-order valence-electron chi connectivity index (χ2n) is 5.26. The monoisotopic (exact) mass is 418 g/mol. The zero-order chi connectivity index (χ0) is 18.6. The summed E-state index contributed by atoms with van der Waals surface area (Å²) >= 11 is 2.84. The molecule has 142 valence electrons. The number of morpholine rings is 1. The van der Waals surface area contributed by atoms with Crippen LogP contribution in [0.3, 0.4) is 0 Å². The van der Waals surface area contributed by atoms with Gasteiger partial charge in [0.25, 0.3) is 10.0 Å². The van der Waals surface area contributed by atoms with Crippen molar-refractivity contribution in [1.82, 2.24) is 24.1 Å². The van der Waals surface area contributed by atoms with E-state index in [2.05, 4.69) is 20.5 Å². The number of thioether (sulfide) groups is 1. The molecule has 2 aromatic heterocycles. The molecular weight excluding hydrogens is 400 g/mol. The fourth-order valence-electron chi connectivity index (χ4n) is 2.25. The van der Waals surface area contributed by atoms with Gasteiger partial charge >= 0.3 is 0 Å². The Morgan fingerprint density at radius 3 is 2.88 bits per heavy atom. The molecule has 1 aliphatic rings. The summed E-state index contributed by atoms with van der Waals surface area (Å²) in [6.07, 6.45) is 2.67. The summed E-state index contributed by atoms with van der Waals surface area (Å²) in [6, 6.07) is 0. The Kier molecular flexibility index (Phi) is 6.24. The van der Waals surface area contributed by atoms with Crippen LogP contribution in [0.5, 0.6) is 0 Å². The molecule has 3 rings (SSSR count). The highest BCUT2D eigenvalue weighted by molar-refractivity contribution is 8.01. The van der Waals surface area contributed by atoms with Gasteiger partial charge in [-0.25, -0.2) is 13.4 Å². The van der Waals surface area contributed by atoms with Gasteiger partial charge in [0.1, 0.15) is 6.54 Å². The molecule has 26 heavy (non-hydrogen) atoms. The summed E-state index contributed by atoms with van der Waals surface area (Å²) in [6.45, 7) is 3.26. The van der Waals surface area contributed by atoms with Gasteiger partial charge in [0.05, 0.1) is 19.5 Å². The quantitative estimate of drug-likeness (QED) is 0.510. The number of carbonyl (C=O) groups excluding carboxylic acids is 1. The number of ether oxygens (including phenoxy) is 1.